The molecule has 0 unspecified atom stereocenters. The highest BCUT2D eigenvalue weighted by Gasteiger charge is 2.33. The second-order valence-electron chi connectivity index (χ2n) is 7.50. The van der Waals surface area contributed by atoms with Crippen LogP contribution in [0.5, 0.6) is 0 Å². The molecule has 1 aromatic rings. The van der Waals surface area contributed by atoms with Crippen LogP contribution in [-0.2, 0) is 15.8 Å². The molecule has 0 spiro atoms. The second kappa shape index (κ2) is 8.88. The molecular formula is C19H23F3N4O4. The summed E-state index contributed by atoms with van der Waals surface area (Å²) >= 11 is 0. The number of anilines is 1. The summed E-state index contributed by atoms with van der Waals surface area (Å²) in [4.78, 5) is 38.2. The average molecular weight is 428 g/mol. The number of rotatable bonds is 6. The van der Waals surface area contributed by atoms with Crippen LogP contribution in [0.15, 0.2) is 18.2 Å². The number of amides is 2. The SMILES string of the molecule is O=C(CCNc1ccc(C(F)(F)F)cc1[N+](=O)[O-])N1CCN(C(=O)C2CCC2)CC1. The lowest BCUT2D eigenvalue weighted by molar-refractivity contribution is -0.384. The quantitative estimate of drug-likeness (QED) is 0.555. The Labute approximate surface area is 171 Å². The van der Waals surface area contributed by atoms with Crippen molar-refractivity contribution in [3.63, 3.8) is 0 Å². The van der Waals surface area contributed by atoms with E-state index in [4.69, 9.17) is 0 Å². The van der Waals surface area contributed by atoms with Crippen LogP contribution in [0, 0.1) is 16.0 Å². The standard InChI is InChI=1S/C19H23F3N4O4/c20-19(21,22)14-4-5-15(16(12-14)26(29)30)23-7-6-17(27)24-8-10-25(11-9-24)18(28)13-2-1-3-13/h4-5,12-13,23H,1-3,6-11H2. The number of benzene rings is 1. The Balaban J connectivity index is 1.49. The van der Waals surface area contributed by atoms with Crippen molar-refractivity contribution in [3.8, 4) is 0 Å². The van der Waals surface area contributed by atoms with Crippen LogP contribution >= 0.6 is 0 Å². The van der Waals surface area contributed by atoms with Crippen molar-refractivity contribution in [2.75, 3.05) is 38.0 Å². The van der Waals surface area contributed by atoms with Gasteiger partial charge in [0, 0.05) is 51.1 Å². The fraction of sp³-hybridized carbons (Fsp3) is 0.579. The van der Waals surface area contributed by atoms with Gasteiger partial charge >= 0.3 is 6.18 Å². The van der Waals surface area contributed by atoms with E-state index in [1.807, 2.05) is 0 Å². The van der Waals surface area contributed by atoms with Gasteiger partial charge in [0.1, 0.15) is 5.69 Å². The third kappa shape index (κ3) is 5.00. The Morgan fingerprint density at radius 3 is 2.30 bits per heavy atom. The molecule has 1 aromatic carbocycles. The third-order valence-corrected chi connectivity index (χ3v) is 5.57. The summed E-state index contributed by atoms with van der Waals surface area (Å²) in [6, 6.07) is 2.23. The summed E-state index contributed by atoms with van der Waals surface area (Å²) in [5.74, 6) is 0.105. The van der Waals surface area contributed by atoms with Crippen LogP contribution in [0.1, 0.15) is 31.2 Å². The number of nitrogens with zero attached hydrogens (tertiary/aromatic N) is 3. The Morgan fingerprint density at radius 1 is 1.13 bits per heavy atom. The highest BCUT2D eigenvalue weighted by atomic mass is 19.4. The van der Waals surface area contributed by atoms with Crippen LogP contribution < -0.4 is 5.32 Å². The molecule has 2 amide bonds. The van der Waals surface area contributed by atoms with Crippen molar-refractivity contribution in [1.29, 1.82) is 0 Å². The molecule has 3 rings (SSSR count). The van der Waals surface area contributed by atoms with Gasteiger partial charge in [0.25, 0.3) is 5.69 Å². The Morgan fingerprint density at radius 2 is 1.77 bits per heavy atom. The first-order valence-electron chi connectivity index (χ1n) is 9.83. The van der Waals surface area contributed by atoms with Crippen LogP contribution in [-0.4, -0.2) is 59.3 Å². The molecule has 2 aliphatic rings. The monoisotopic (exact) mass is 428 g/mol. The second-order valence-corrected chi connectivity index (χ2v) is 7.50. The number of nitro groups is 1. The first kappa shape index (κ1) is 21.8. The molecule has 1 aliphatic heterocycles. The zero-order chi connectivity index (χ0) is 21.9. The molecule has 30 heavy (non-hydrogen) atoms. The third-order valence-electron chi connectivity index (χ3n) is 5.57. The molecule has 8 nitrogen and oxygen atoms in total. The van der Waals surface area contributed by atoms with E-state index in [0.717, 1.165) is 31.4 Å². The first-order valence-corrected chi connectivity index (χ1v) is 9.83. The van der Waals surface area contributed by atoms with Gasteiger partial charge in [-0.1, -0.05) is 6.42 Å². The topological polar surface area (TPSA) is 95.8 Å². The molecule has 1 heterocycles. The minimum atomic E-state index is -4.68. The largest absolute Gasteiger partial charge is 0.416 e. The van der Waals surface area contributed by atoms with E-state index in [2.05, 4.69) is 5.32 Å². The van der Waals surface area contributed by atoms with E-state index in [0.29, 0.717) is 32.2 Å². The number of hydrogen-bond acceptors (Lipinski definition) is 5. The average Bonchev–Trinajstić information content (AvgIpc) is 2.65. The molecule has 0 atom stereocenters. The molecule has 11 heteroatoms. The van der Waals surface area contributed by atoms with Gasteiger partial charge in [0.05, 0.1) is 10.5 Å². The van der Waals surface area contributed by atoms with Gasteiger partial charge in [0.2, 0.25) is 11.8 Å². The summed E-state index contributed by atoms with van der Waals surface area (Å²) < 4.78 is 38.3. The lowest BCUT2D eigenvalue weighted by Crippen LogP contribution is -2.52. The summed E-state index contributed by atoms with van der Waals surface area (Å²) in [5, 5.41) is 13.8. The minimum Gasteiger partial charge on any atom is -0.379 e. The summed E-state index contributed by atoms with van der Waals surface area (Å²) in [6.07, 6.45) is -1.70. The molecule has 1 aliphatic carbocycles. The zero-order valence-electron chi connectivity index (χ0n) is 16.3. The normalized spacial score (nSPS) is 17.4. The number of nitro benzene ring substituents is 1. The predicted molar refractivity (Wildman–Crippen MR) is 102 cm³/mol. The number of alkyl halides is 3. The Kier molecular flexibility index (Phi) is 6.47. The minimum absolute atomic E-state index is 0.0365. The van der Waals surface area contributed by atoms with Crippen molar-refractivity contribution in [2.24, 2.45) is 5.92 Å². The van der Waals surface area contributed by atoms with Crippen LogP contribution in [0.3, 0.4) is 0 Å². The predicted octanol–water partition coefficient (Wildman–Crippen LogP) is 2.89. The van der Waals surface area contributed by atoms with E-state index in [1.165, 1.54) is 0 Å². The van der Waals surface area contributed by atoms with Crippen LogP contribution in [0.2, 0.25) is 0 Å². The maximum absolute atomic E-state index is 12.8. The lowest BCUT2D eigenvalue weighted by Gasteiger charge is -2.38. The van der Waals surface area contributed by atoms with Crippen molar-refractivity contribution in [3.05, 3.63) is 33.9 Å². The Bertz CT molecular complexity index is 818. The van der Waals surface area contributed by atoms with E-state index in [1.54, 1.807) is 9.80 Å². The van der Waals surface area contributed by atoms with Crippen molar-refractivity contribution in [1.82, 2.24) is 9.80 Å². The fourth-order valence-corrected chi connectivity index (χ4v) is 3.56. The van der Waals surface area contributed by atoms with Gasteiger partial charge in [0.15, 0.2) is 0 Å². The van der Waals surface area contributed by atoms with E-state index < -0.39 is 22.4 Å². The maximum atomic E-state index is 12.8. The van der Waals surface area contributed by atoms with Crippen molar-refractivity contribution >= 4 is 23.2 Å². The summed E-state index contributed by atoms with van der Waals surface area (Å²) in [7, 11) is 0. The van der Waals surface area contributed by atoms with Gasteiger partial charge in [-0.25, -0.2) is 0 Å². The van der Waals surface area contributed by atoms with Crippen molar-refractivity contribution < 1.29 is 27.7 Å². The zero-order valence-corrected chi connectivity index (χ0v) is 16.3. The molecule has 0 radical (unpaired) electrons. The molecule has 1 saturated carbocycles. The summed E-state index contributed by atoms with van der Waals surface area (Å²) in [5.41, 5.74) is -1.87. The molecule has 2 fully saturated rings. The number of halogens is 3. The Hall–Kier alpha value is -2.85. The molecule has 164 valence electrons. The smallest absolute Gasteiger partial charge is 0.379 e. The lowest BCUT2D eigenvalue weighted by atomic mass is 9.84. The van der Waals surface area contributed by atoms with Gasteiger partial charge in [-0.3, -0.25) is 19.7 Å². The van der Waals surface area contributed by atoms with E-state index in [-0.39, 0.29) is 36.4 Å². The molecule has 0 aromatic heterocycles. The van der Waals surface area contributed by atoms with Gasteiger partial charge in [-0.2, -0.15) is 13.2 Å². The molecular weight excluding hydrogens is 405 g/mol. The number of carbonyl (C=O) groups excluding carboxylic acids is 2. The summed E-state index contributed by atoms with van der Waals surface area (Å²) in [6.45, 7) is 1.87. The van der Waals surface area contributed by atoms with Gasteiger partial charge in [-0.05, 0) is 25.0 Å². The van der Waals surface area contributed by atoms with Gasteiger partial charge < -0.3 is 15.1 Å². The van der Waals surface area contributed by atoms with Crippen LogP contribution in [0.4, 0.5) is 24.5 Å². The molecule has 0 bridgehead atoms. The number of carbonyl (C=O) groups is 2. The first-order chi connectivity index (χ1) is 14.2. The highest BCUT2D eigenvalue weighted by molar-refractivity contribution is 5.81. The van der Waals surface area contributed by atoms with Gasteiger partial charge in [-0.15, -0.1) is 0 Å². The fourth-order valence-electron chi connectivity index (χ4n) is 3.56. The number of nitrogens with one attached hydrogen (secondary N) is 1. The van der Waals surface area contributed by atoms with Crippen molar-refractivity contribution in [2.45, 2.75) is 31.9 Å². The van der Waals surface area contributed by atoms with Crippen LogP contribution in [0.25, 0.3) is 0 Å². The molecule has 1 N–H and O–H groups in total. The highest BCUT2D eigenvalue weighted by Crippen LogP contribution is 2.35. The number of piperazine rings is 1. The number of hydrogen-bond donors (Lipinski definition) is 1. The van der Waals surface area contributed by atoms with E-state index in [9.17, 15) is 32.9 Å². The van der Waals surface area contributed by atoms with E-state index >= 15 is 0 Å². The molecule has 1 saturated heterocycles. The maximum Gasteiger partial charge on any atom is 0.416 e.